The molecule has 11 heteroatoms. The largest absolute Gasteiger partial charge is 0.490 e. The molecule has 1 fully saturated rings. The van der Waals surface area contributed by atoms with E-state index in [1.807, 2.05) is 69.5 Å². The molecule has 0 saturated carbocycles. The van der Waals surface area contributed by atoms with E-state index in [4.69, 9.17) is 29.0 Å². The molecule has 7 rings (SSSR count). The van der Waals surface area contributed by atoms with Crippen LogP contribution in [-0.4, -0.2) is 75.3 Å². The maximum atomic E-state index is 13.6. The lowest BCUT2D eigenvalue weighted by Gasteiger charge is -2.41. The summed E-state index contributed by atoms with van der Waals surface area (Å²) in [6.07, 6.45) is 3.16. The maximum absolute atomic E-state index is 13.6. The number of anilines is 1. The molecular weight excluding hydrogens is 648 g/mol. The number of carboxylic acids is 1. The number of esters is 1. The van der Waals surface area contributed by atoms with Gasteiger partial charge in [-0.1, -0.05) is 18.2 Å². The number of carboxylic acid groups (broad SMARTS) is 1. The molecule has 5 heterocycles. The van der Waals surface area contributed by atoms with Gasteiger partial charge in [0.2, 0.25) is 0 Å². The van der Waals surface area contributed by atoms with Gasteiger partial charge in [-0.2, -0.15) is 9.61 Å². The number of aryl methyl sites for hydroxylation is 1. The predicted octanol–water partition coefficient (Wildman–Crippen LogP) is 7.82. The second kappa shape index (κ2) is 14.6. The molecule has 0 amide bonds. The molecule has 0 spiro atoms. The number of ether oxygens (including phenoxy) is 4. The number of rotatable bonds is 5. The highest BCUT2D eigenvalue weighted by molar-refractivity contribution is 5.91. The second-order valence-electron chi connectivity index (χ2n) is 14.9. The van der Waals surface area contributed by atoms with E-state index in [0.29, 0.717) is 53.6 Å². The fourth-order valence-electron chi connectivity index (χ4n) is 6.96. The molecule has 51 heavy (non-hydrogen) atoms. The van der Waals surface area contributed by atoms with Crippen LogP contribution in [0.3, 0.4) is 0 Å². The van der Waals surface area contributed by atoms with Gasteiger partial charge in [-0.25, -0.2) is 14.6 Å². The molecule has 3 aliphatic heterocycles. The number of carbonyl (C=O) groups excluding carboxylic acids is 1. The smallest absolute Gasteiger partial charge is 0.340 e. The molecule has 2 unspecified atom stereocenters. The molecule has 1 N–H and O–H groups in total. The van der Waals surface area contributed by atoms with Crippen molar-refractivity contribution in [2.75, 3.05) is 31.2 Å². The number of carbonyl (C=O) groups is 2. The Morgan fingerprint density at radius 3 is 2.53 bits per heavy atom. The van der Waals surface area contributed by atoms with Gasteiger partial charge in [0.15, 0.2) is 11.8 Å². The Morgan fingerprint density at radius 1 is 1.08 bits per heavy atom. The van der Waals surface area contributed by atoms with E-state index in [9.17, 15) is 14.7 Å². The number of fused-ring (bicyclic) bond motifs is 8. The van der Waals surface area contributed by atoms with Crippen LogP contribution in [0, 0.1) is 6.92 Å². The van der Waals surface area contributed by atoms with E-state index in [1.54, 1.807) is 25.1 Å². The van der Waals surface area contributed by atoms with Crippen molar-refractivity contribution in [3.8, 4) is 28.1 Å². The van der Waals surface area contributed by atoms with Gasteiger partial charge in [-0.15, -0.1) is 0 Å². The quantitative estimate of drug-likeness (QED) is 0.206. The Kier molecular flexibility index (Phi) is 10.4. The van der Waals surface area contributed by atoms with Crippen molar-refractivity contribution in [2.24, 2.45) is 0 Å². The monoisotopic (exact) mass is 698 g/mol. The molecule has 2 aromatic carbocycles. The van der Waals surface area contributed by atoms with Gasteiger partial charge < -0.3 is 29.0 Å². The standard InChI is InChI=1S/C40H50N4O7/c1-8-48-38(47)35(51-39(4,5)6)34-26(3)41-33-24-31-28-14-11-13-27(22-28)30-23-29(37(45)46)15-16-32(30)50-25(2)12-9-10-21-49-40(7)17-19-43(20-18-40)36(34)44(33)42-31/h11,13-16,22-25,35H,8-10,12,17-21H2,1-7H3,(H,45,46). The summed E-state index contributed by atoms with van der Waals surface area (Å²) in [6.45, 7) is 15.9. The van der Waals surface area contributed by atoms with E-state index in [-0.39, 0.29) is 23.9 Å². The van der Waals surface area contributed by atoms with E-state index in [1.165, 1.54) is 0 Å². The lowest BCUT2D eigenvalue weighted by molar-refractivity contribution is -0.166. The Balaban J connectivity index is 1.55. The highest BCUT2D eigenvalue weighted by Crippen LogP contribution is 2.40. The molecule has 4 aromatic rings. The topological polar surface area (TPSA) is 125 Å². The Morgan fingerprint density at radius 2 is 1.82 bits per heavy atom. The fourth-order valence-corrected chi connectivity index (χ4v) is 6.96. The summed E-state index contributed by atoms with van der Waals surface area (Å²) in [5.41, 5.74) is 4.15. The molecule has 0 radical (unpaired) electrons. The van der Waals surface area contributed by atoms with Crippen molar-refractivity contribution >= 4 is 23.4 Å². The van der Waals surface area contributed by atoms with Crippen LogP contribution in [0.4, 0.5) is 5.82 Å². The van der Waals surface area contributed by atoms with Gasteiger partial charge in [0.1, 0.15) is 11.6 Å². The minimum absolute atomic E-state index is 0.0758. The third kappa shape index (κ3) is 8.05. The first-order valence-electron chi connectivity index (χ1n) is 18.0. The third-order valence-electron chi connectivity index (χ3n) is 9.64. The highest BCUT2D eigenvalue weighted by atomic mass is 16.6. The van der Waals surface area contributed by atoms with E-state index in [0.717, 1.165) is 49.0 Å². The lowest BCUT2D eigenvalue weighted by Crippen LogP contribution is -2.46. The summed E-state index contributed by atoms with van der Waals surface area (Å²) < 4.78 is 26.9. The molecule has 0 aliphatic carbocycles. The minimum atomic E-state index is -1.02. The van der Waals surface area contributed by atoms with Gasteiger partial charge in [0.25, 0.3) is 0 Å². The summed E-state index contributed by atoms with van der Waals surface area (Å²) >= 11 is 0. The van der Waals surface area contributed by atoms with Crippen LogP contribution in [0.2, 0.25) is 0 Å². The van der Waals surface area contributed by atoms with E-state index >= 15 is 0 Å². The predicted molar refractivity (Wildman–Crippen MR) is 196 cm³/mol. The molecule has 3 aliphatic rings. The number of hydrogen-bond donors (Lipinski definition) is 1. The maximum Gasteiger partial charge on any atom is 0.340 e. The Hall–Kier alpha value is -4.48. The normalized spacial score (nSPS) is 20.5. The Labute approximate surface area is 299 Å². The summed E-state index contributed by atoms with van der Waals surface area (Å²) in [5.74, 6) is -0.109. The Bertz CT molecular complexity index is 1900. The molecule has 2 aromatic heterocycles. The first-order valence-corrected chi connectivity index (χ1v) is 18.0. The van der Waals surface area contributed by atoms with Crippen molar-refractivity contribution in [2.45, 2.75) is 104 Å². The lowest BCUT2D eigenvalue weighted by atomic mass is 9.92. The number of aromatic carboxylic acids is 1. The number of piperidine rings is 1. The van der Waals surface area contributed by atoms with Gasteiger partial charge in [0.05, 0.1) is 40.7 Å². The summed E-state index contributed by atoms with van der Waals surface area (Å²) in [5, 5.41) is 15.0. The highest BCUT2D eigenvalue weighted by Gasteiger charge is 2.38. The zero-order valence-electron chi connectivity index (χ0n) is 30.8. The second-order valence-corrected chi connectivity index (χ2v) is 14.9. The molecular formula is C40H50N4O7. The van der Waals surface area contributed by atoms with Gasteiger partial charge in [0, 0.05) is 42.6 Å². The van der Waals surface area contributed by atoms with Crippen LogP contribution in [0.5, 0.6) is 5.75 Å². The van der Waals surface area contributed by atoms with Crippen LogP contribution in [-0.2, 0) is 19.0 Å². The van der Waals surface area contributed by atoms with Crippen LogP contribution < -0.4 is 9.64 Å². The molecule has 11 nitrogen and oxygen atoms in total. The van der Waals surface area contributed by atoms with Crippen molar-refractivity contribution in [3.05, 3.63) is 65.4 Å². The molecule has 6 bridgehead atoms. The number of benzene rings is 2. The minimum Gasteiger partial charge on any atom is -0.490 e. The summed E-state index contributed by atoms with van der Waals surface area (Å²) in [7, 11) is 0. The van der Waals surface area contributed by atoms with Crippen molar-refractivity contribution in [3.63, 3.8) is 0 Å². The van der Waals surface area contributed by atoms with Crippen LogP contribution in [0.15, 0.2) is 48.5 Å². The third-order valence-corrected chi connectivity index (χ3v) is 9.64. The van der Waals surface area contributed by atoms with Crippen LogP contribution in [0.1, 0.15) is 101 Å². The molecule has 1 saturated heterocycles. The van der Waals surface area contributed by atoms with Crippen molar-refractivity contribution < 1.29 is 33.6 Å². The number of aromatic nitrogens is 3. The molecule has 272 valence electrons. The van der Waals surface area contributed by atoms with Crippen LogP contribution >= 0.6 is 0 Å². The summed E-state index contributed by atoms with van der Waals surface area (Å²) in [4.78, 5) is 32.9. The number of hydrogen-bond acceptors (Lipinski definition) is 9. The zero-order valence-corrected chi connectivity index (χ0v) is 30.8. The average Bonchev–Trinajstić information content (AvgIpc) is 3.50. The van der Waals surface area contributed by atoms with Crippen molar-refractivity contribution in [1.29, 1.82) is 0 Å². The van der Waals surface area contributed by atoms with E-state index in [2.05, 4.69) is 11.8 Å². The van der Waals surface area contributed by atoms with Gasteiger partial charge in [-0.3, -0.25) is 0 Å². The number of nitrogens with zero attached hydrogens (tertiary/aromatic N) is 4. The first-order chi connectivity index (χ1) is 24.2. The van der Waals surface area contributed by atoms with Crippen molar-refractivity contribution in [1.82, 2.24) is 14.6 Å². The van der Waals surface area contributed by atoms with Gasteiger partial charge in [-0.05, 0) is 110 Å². The van der Waals surface area contributed by atoms with Gasteiger partial charge >= 0.3 is 11.9 Å². The van der Waals surface area contributed by atoms with Crippen LogP contribution in [0.25, 0.3) is 28.0 Å². The van der Waals surface area contributed by atoms with E-state index < -0.39 is 23.6 Å². The SMILES string of the molecule is CCOC(=O)C(OC(C)(C)C)c1c(C)nc2cc3nn2c1N1CCC(C)(CC1)OCCCCC(C)Oc1ccc(C(=O)O)cc1-c1cccc-3c1. The zero-order chi connectivity index (χ0) is 36.5. The molecule has 2 atom stereocenters. The average molecular weight is 699 g/mol. The summed E-state index contributed by atoms with van der Waals surface area (Å²) in [6, 6.07) is 14.8. The fraction of sp³-hybridized carbons (Fsp3) is 0.500. The first kappa shape index (κ1) is 36.3.